The number of amides is 1. The number of esters is 2. The molecule has 5 heterocycles. The third-order valence-electron chi connectivity index (χ3n) is 9.76. The molecular weight excluding hydrogens is 606 g/mol. The molecule has 1 amide bonds. The van der Waals surface area contributed by atoms with Crippen molar-refractivity contribution >= 4 is 30.1 Å². The summed E-state index contributed by atoms with van der Waals surface area (Å²) in [5, 5.41) is 26.0. The van der Waals surface area contributed by atoms with Crippen LogP contribution in [0.2, 0.25) is 0 Å². The lowest BCUT2D eigenvalue weighted by Gasteiger charge is -2.62. The molecule has 2 aromatic carbocycles. The molecule has 0 aliphatic carbocycles. The Kier molecular flexibility index (Phi) is 7.30. The highest BCUT2D eigenvalue weighted by Crippen LogP contribution is 2.63. The van der Waals surface area contributed by atoms with Gasteiger partial charge in [0.1, 0.15) is 24.6 Å². The number of rotatable bonds is 4. The number of ether oxygens (including phenoxy) is 5. The van der Waals surface area contributed by atoms with Crippen LogP contribution in [0.3, 0.4) is 0 Å². The van der Waals surface area contributed by atoms with E-state index < -0.39 is 47.6 Å². The minimum atomic E-state index is -1.02. The van der Waals surface area contributed by atoms with E-state index in [1.807, 2.05) is 24.9 Å². The van der Waals surface area contributed by atoms with Gasteiger partial charge in [-0.3, -0.25) is 19.4 Å². The first-order valence-electron chi connectivity index (χ1n) is 14.8. The van der Waals surface area contributed by atoms with Crippen LogP contribution >= 0.6 is 11.8 Å². The van der Waals surface area contributed by atoms with Crippen LogP contribution < -0.4 is 24.3 Å². The van der Waals surface area contributed by atoms with E-state index in [0.717, 1.165) is 11.1 Å². The predicted octanol–water partition coefficient (Wildman–Crippen LogP) is 1.77. The van der Waals surface area contributed by atoms with Gasteiger partial charge in [0, 0.05) is 41.0 Å². The third-order valence-corrected chi connectivity index (χ3v) is 11.2. The number of cyclic esters (lactones) is 1. The summed E-state index contributed by atoms with van der Waals surface area (Å²) in [5.41, 5.74) is 4.23. The normalized spacial score (nSPS) is 30.0. The fourth-order valence-corrected chi connectivity index (χ4v) is 9.49. The van der Waals surface area contributed by atoms with Crippen LogP contribution in [0.15, 0.2) is 6.07 Å². The summed E-state index contributed by atoms with van der Waals surface area (Å²) in [6.07, 6.45) is -0.0952. The van der Waals surface area contributed by atoms with E-state index in [1.165, 1.54) is 25.8 Å². The van der Waals surface area contributed by atoms with Gasteiger partial charge < -0.3 is 39.2 Å². The van der Waals surface area contributed by atoms with Crippen molar-refractivity contribution in [3.63, 3.8) is 0 Å². The summed E-state index contributed by atoms with van der Waals surface area (Å²) in [5.74, 6) is 0.589. The molecule has 5 aliphatic heterocycles. The maximum atomic E-state index is 13.2. The zero-order valence-corrected chi connectivity index (χ0v) is 26.3. The first-order chi connectivity index (χ1) is 21.6. The lowest BCUT2D eigenvalue weighted by atomic mass is 9.73. The summed E-state index contributed by atoms with van der Waals surface area (Å²) in [6.45, 7) is 4.75. The number of aromatic hydroxyl groups is 1. The summed E-state index contributed by atoms with van der Waals surface area (Å²) < 4.78 is 29.3. The highest BCUT2D eigenvalue weighted by atomic mass is 32.2. The van der Waals surface area contributed by atoms with Crippen molar-refractivity contribution in [2.24, 2.45) is 0 Å². The molecule has 5 aliphatic rings. The second-order valence-corrected chi connectivity index (χ2v) is 13.2. The van der Waals surface area contributed by atoms with Crippen LogP contribution in [0, 0.1) is 13.8 Å². The number of carbonyl (C=O) groups is 3. The molecule has 45 heavy (non-hydrogen) atoms. The highest BCUT2D eigenvalue weighted by molar-refractivity contribution is 7.99. The minimum Gasteiger partial charge on any atom is -0.504 e. The number of aliphatic hydroxyl groups is 1. The Morgan fingerprint density at radius 2 is 1.91 bits per heavy atom. The highest BCUT2D eigenvalue weighted by Gasteiger charge is 2.60. The molecule has 2 saturated heterocycles. The van der Waals surface area contributed by atoms with Gasteiger partial charge in [-0.1, -0.05) is 6.07 Å². The topological polar surface area (TPSA) is 156 Å². The number of aliphatic hydroxyl groups excluding tert-OH is 1. The molecule has 0 radical (unpaired) electrons. The number of aryl methyl sites for hydroxylation is 1. The van der Waals surface area contributed by atoms with Gasteiger partial charge >= 0.3 is 11.9 Å². The molecule has 4 bridgehead atoms. The van der Waals surface area contributed by atoms with Crippen LogP contribution in [0.1, 0.15) is 57.6 Å². The molecule has 3 N–H and O–H groups in total. The summed E-state index contributed by atoms with van der Waals surface area (Å²) in [7, 11) is 3.45. The van der Waals surface area contributed by atoms with E-state index >= 15 is 0 Å². The van der Waals surface area contributed by atoms with Crippen molar-refractivity contribution < 1.29 is 48.3 Å². The van der Waals surface area contributed by atoms with Gasteiger partial charge in [0.15, 0.2) is 23.0 Å². The number of nitrogens with zero attached hydrogens (tertiary/aromatic N) is 2. The molecule has 0 saturated carbocycles. The molecule has 13 nitrogen and oxygen atoms in total. The van der Waals surface area contributed by atoms with Gasteiger partial charge in [-0.05, 0) is 38.4 Å². The van der Waals surface area contributed by atoms with E-state index in [1.54, 1.807) is 6.92 Å². The maximum Gasteiger partial charge on any atom is 0.329 e. The average Bonchev–Trinajstić information content (AvgIpc) is 3.49. The number of nitrogens with one attached hydrogen (secondary N) is 1. The number of hydrogen-bond acceptors (Lipinski definition) is 13. The van der Waals surface area contributed by atoms with Crippen molar-refractivity contribution in [1.82, 2.24) is 15.1 Å². The maximum absolute atomic E-state index is 13.2. The number of carbonyl (C=O) groups excluding carboxylic acids is 3. The first kappa shape index (κ1) is 30.0. The fraction of sp³-hybridized carbons (Fsp3) is 0.516. The molecule has 0 spiro atoms. The van der Waals surface area contributed by atoms with Gasteiger partial charge in [-0.2, -0.15) is 0 Å². The summed E-state index contributed by atoms with van der Waals surface area (Å²) in [4.78, 5) is 41.3. The Balaban J connectivity index is 1.53. The second kappa shape index (κ2) is 11.0. The standard InChI is InChI=1S/C31H35N3O10S/c1-12-6-15-7-17-30(38)34-18-8-41-31(39)16(32-10-35)9-45-29(23(34)22(33(17)4)19(15)24(37)25(12)40-5)21-20(18)28-27(42-11-43-28)13(2)26(21)44-14(3)36/h6,10,16-18,22-23,29-30,37-38H,7-9,11H2,1-5H3,(H,32,35)/t16-,17+,18-,22+,23+,29+,30-/m0/s1. The zero-order valence-electron chi connectivity index (χ0n) is 25.5. The lowest BCUT2D eigenvalue weighted by Crippen LogP contribution is -2.69. The quantitative estimate of drug-likeness (QED) is 0.253. The van der Waals surface area contributed by atoms with Crippen molar-refractivity contribution in [3.8, 4) is 28.7 Å². The molecule has 14 heteroatoms. The second-order valence-electron chi connectivity index (χ2n) is 12.1. The van der Waals surface area contributed by atoms with Crippen molar-refractivity contribution in [2.75, 3.05) is 33.3 Å². The molecular formula is C31H35N3O10S. The Morgan fingerprint density at radius 3 is 2.62 bits per heavy atom. The molecule has 2 fully saturated rings. The van der Waals surface area contributed by atoms with Crippen molar-refractivity contribution in [1.29, 1.82) is 0 Å². The number of likely N-dealkylation sites (N-methyl/N-ethyl adjacent to an activating group) is 1. The largest absolute Gasteiger partial charge is 0.504 e. The van der Waals surface area contributed by atoms with E-state index in [-0.39, 0.29) is 30.9 Å². The summed E-state index contributed by atoms with van der Waals surface area (Å²) in [6, 6.07) is -1.06. The number of hydrogen-bond donors (Lipinski definition) is 3. The number of benzene rings is 2. The number of phenolic OH excluding ortho intramolecular Hbond substituents is 1. The molecule has 0 unspecified atom stereocenters. The summed E-state index contributed by atoms with van der Waals surface area (Å²) >= 11 is 1.37. The molecule has 240 valence electrons. The third kappa shape index (κ3) is 4.29. The van der Waals surface area contributed by atoms with Gasteiger partial charge in [0.25, 0.3) is 0 Å². The SMILES string of the molecule is COc1c(C)cc2c(c1O)[C@@H]1[C@@H]3[C@@H]4SC[C@H](NC=O)C(=O)OC[C@@H](c5c6c(c(C)c(OC(C)=O)c54)OCO6)N3[C@@H](O)[C@@H](C2)N1C. The number of fused-ring (bicyclic) bond motifs is 9. The first-order valence-corrected chi connectivity index (χ1v) is 15.8. The Labute approximate surface area is 263 Å². The van der Waals surface area contributed by atoms with Gasteiger partial charge in [0.05, 0.1) is 30.5 Å². The smallest absolute Gasteiger partial charge is 0.329 e. The number of piperazine rings is 1. The van der Waals surface area contributed by atoms with Crippen LogP contribution in [0.5, 0.6) is 28.7 Å². The minimum absolute atomic E-state index is 0.0336. The Morgan fingerprint density at radius 1 is 1.16 bits per heavy atom. The average molecular weight is 642 g/mol. The van der Waals surface area contributed by atoms with E-state index in [9.17, 15) is 24.6 Å². The van der Waals surface area contributed by atoms with Gasteiger partial charge in [0.2, 0.25) is 13.2 Å². The van der Waals surface area contributed by atoms with E-state index in [2.05, 4.69) is 10.2 Å². The van der Waals surface area contributed by atoms with Crippen LogP contribution in [-0.4, -0.2) is 96.0 Å². The Hall–Kier alpha value is -3.72. The Bertz CT molecular complexity index is 1620. The van der Waals surface area contributed by atoms with Crippen molar-refractivity contribution in [3.05, 3.63) is 39.4 Å². The number of methoxy groups -OCH3 is 1. The molecule has 0 aromatic heterocycles. The van der Waals surface area contributed by atoms with Gasteiger partial charge in [-0.15, -0.1) is 11.8 Å². The predicted molar refractivity (Wildman–Crippen MR) is 160 cm³/mol. The van der Waals surface area contributed by atoms with Gasteiger partial charge in [-0.25, -0.2) is 4.79 Å². The zero-order chi connectivity index (χ0) is 31.9. The number of thioether (sulfide) groups is 1. The van der Waals surface area contributed by atoms with Crippen LogP contribution in [-0.2, 0) is 25.5 Å². The molecule has 7 atom stereocenters. The molecule has 2 aromatic rings. The van der Waals surface area contributed by atoms with Crippen LogP contribution in [0.4, 0.5) is 0 Å². The van der Waals surface area contributed by atoms with E-state index in [0.29, 0.717) is 58.1 Å². The molecule has 7 rings (SSSR count). The lowest BCUT2D eigenvalue weighted by molar-refractivity contribution is -0.184. The van der Waals surface area contributed by atoms with Crippen molar-refractivity contribution in [2.45, 2.75) is 68.9 Å². The number of phenols is 1. The fourth-order valence-electron chi connectivity index (χ4n) is 7.98. The van der Waals surface area contributed by atoms with E-state index in [4.69, 9.17) is 23.7 Å². The monoisotopic (exact) mass is 641 g/mol. The van der Waals surface area contributed by atoms with Crippen LogP contribution in [0.25, 0.3) is 0 Å².